The number of carbonyl (C=O) groups is 6. The Morgan fingerprint density at radius 1 is 1.13 bits per heavy atom. The Balaban J connectivity index is 2.24. The van der Waals surface area contributed by atoms with E-state index >= 15 is 0 Å². The van der Waals surface area contributed by atoms with Crippen LogP contribution in [0.15, 0.2) is 24.3 Å². The maximum absolute atomic E-state index is 13.9. The second kappa shape index (κ2) is 15.7. The number of likely N-dealkylation sites (tertiary alicyclic amines) is 1. The van der Waals surface area contributed by atoms with E-state index in [9.17, 15) is 39.0 Å². The maximum Gasteiger partial charge on any atom is 0.254 e. The largest absolute Gasteiger partial charge is 0.505 e. The number of likely N-dealkylation sites (N-methyl/N-ethyl adjacent to an activating group) is 2. The Bertz CT molecular complexity index is 1360. The summed E-state index contributed by atoms with van der Waals surface area (Å²) in [5.41, 5.74) is 6.26. The topological polar surface area (TPSA) is 203 Å². The summed E-state index contributed by atoms with van der Waals surface area (Å²) in [6.45, 7) is 13.3. The number of phenols is 1. The second-order valence-electron chi connectivity index (χ2n) is 12.4. The normalized spacial score (nSPS) is 18.6. The standard InChI is InChI=1S/C32H48N6O8/c1-16(2)23(15-39)37(9)24(41)14-36(8)31(45)22-13-11-19(6)38(22)32(46)26(17(3)4)34-30(44)27(20(7)40)35-29(43)21-12-10-18(5)28(42)25(21)33/h10,12,15-16,19-20,22-23,26-27,40,42H,3,11,13-14,33H2,1-2,4-9H3,(H,34,44)(H,35,43)/t19-,20-,22+,23-,26-,27+/m1/s1. The number of aliphatic hydroxyl groups excluding tert-OH is 1. The Labute approximate surface area is 270 Å². The molecule has 254 valence electrons. The first-order valence-corrected chi connectivity index (χ1v) is 15.2. The molecule has 0 unspecified atom stereocenters. The van der Waals surface area contributed by atoms with E-state index in [2.05, 4.69) is 17.2 Å². The number of rotatable bonds is 13. The van der Waals surface area contributed by atoms with Gasteiger partial charge in [-0.15, -0.1) is 0 Å². The highest BCUT2D eigenvalue weighted by Gasteiger charge is 2.43. The van der Waals surface area contributed by atoms with Crippen molar-refractivity contribution in [3.8, 4) is 5.75 Å². The van der Waals surface area contributed by atoms with Crippen molar-refractivity contribution in [2.45, 2.75) is 90.7 Å². The summed E-state index contributed by atoms with van der Waals surface area (Å²) >= 11 is 0. The van der Waals surface area contributed by atoms with Crippen LogP contribution in [0.3, 0.4) is 0 Å². The summed E-state index contributed by atoms with van der Waals surface area (Å²) < 4.78 is 0. The fraction of sp³-hybridized carbons (Fsp3) is 0.562. The number of phenolic OH excluding ortho intramolecular Hbond substituents is 1. The molecule has 14 nitrogen and oxygen atoms in total. The van der Waals surface area contributed by atoms with Gasteiger partial charge < -0.3 is 46.1 Å². The smallest absolute Gasteiger partial charge is 0.254 e. The predicted molar refractivity (Wildman–Crippen MR) is 171 cm³/mol. The molecule has 1 heterocycles. The number of hydrogen-bond acceptors (Lipinski definition) is 9. The van der Waals surface area contributed by atoms with Crippen molar-refractivity contribution < 1.29 is 39.0 Å². The highest BCUT2D eigenvalue weighted by molar-refractivity contribution is 6.03. The van der Waals surface area contributed by atoms with Crippen molar-refractivity contribution in [3.63, 3.8) is 0 Å². The van der Waals surface area contributed by atoms with Gasteiger partial charge in [0.2, 0.25) is 23.6 Å². The molecule has 0 radical (unpaired) electrons. The molecule has 6 atom stereocenters. The molecule has 1 aliphatic rings. The van der Waals surface area contributed by atoms with Crippen molar-refractivity contribution in [2.75, 3.05) is 26.4 Å². The number of amides is 5. The average Bonchev–Trinajstić information content (AvgIpc) is 3.37. The minimum atomic E-state index is -1.52. The fourth-order valence-corrected chi connectivity index (χ4v) is 5.42. The molecule has 2 rings (SSSR count). The van der Waals surface area contributed by atoms with E-state index in [1.54, 1.807) is 27.7 Å². The van der Waals surface area contributed by atoms with Gasteiger partial charge in [0.15, 0.2) is 0 Å². The summed E-state index contributed by atoms with van der Waals surface area (Å²) in [6.07, 6.45) is 0.0883. The van der Waals surface area contributed by atoms with Gasteiger partial charge in [0.05, 0.1) is 29.9 Å². The number of anilines is 1. The molecule has 1 aromatic carbocycles. The molecule has 1 aromatic rings. The third kappa shape index (κ3) is 8.42. The van der Waals surface area contributed by atoms with Crippen LogP contribution in [-0.2, 0) is 24.0 Å². The number of hydrogen-bond donors (Lipinski definition) is 5. The lowest BCUT2D eigenvalue weighted by molar-refractivity contribution is -0.148. The van der Waals surface area contributed by atoms with E-state index in [-0.39, 0.29) is 35.0 Å². The fourth-order valence-electron chi connectivity index (χ4n) is 5.42. The molecule has 0 aromatic heterocycles. The zero-order valence-electron chi connectivity index (χ0n) is 27.9. The minimum absolute atomic E-state index is 0.110. The van der Waals surface area contributed by atoms with Crippen LogP contribution in [0.4, 0.5) is 5.69 Å². The van der Waals surface area contributed by atoms with Crippen molar-refractivity contribution in [3.05, 3.63) is 35.4 Å². The summed E-state index contributed by atoms with van der Waals surface area (Å²) in [6, 6.07) is -1.96. The minimum Gasteiger partial charge on any atom is -0.505 e. The van der Waals surface area contributed by atoms with Crippen LogP contribution in [0.5, 0.6) is 5.75 Å². The first kappa shape index (κ1) is 37.7. The van der Waals surface area contributed by atoms with E-state index < -0.39 is 65.8 Å². The van der Waals surface area contributed by atoms with Crippen LogP contribution in [0.2, 0.25) is 0 Å². The van der Waals surface area contributed by atoms with Crippen LogP contribution >= 0.6 is 0 Å². The quantitative estimate of drug-likeness (QED) is 0.0869. The summed E-state index contributed by atoms with van der Waals surface area (Å²) in [5, 5.41) is 25.5. The molecule has 6 N–H and O–H groups in total. The van der Waals surface area contributed by atoms with Gasteiger partial charge in [0, 0.05) is 20.1 Å². The molecule has 1 fully saturated rings. The van der Waals surface area contributed by atoms with Crippen LogP contribution in [0.1, 0.15) is 63.4 Å². The molecule has 1 saturated heterocycles. The number of nitrogens with one attached hydrogen (secondary N) is 2. The molecule has 5 amide bonds. The van der Waals surface area contributed by atoms with E-state index in [4.69, 9.17) is 5.73 Å². The summed E-state index contributed by atoms with van der Waals surface area (Å²) in [5.74, 6) is -3.67. The van der Waals surface area contributed by atoms with Crippen molar-refractivity contribution >= 4 is 41.5 Å². The number of aldehydes is 1. The maximum atomic E-state index is 13.9. The lowest BCUT2D eigenvalue weighted by Crippen LogP contribution is -2.60. The van der Waals surface area contributed by atoms with Crippen LogP contribution in [-0.4, -0.2) is 118 Å². The highest BCUT2D eigenvalue weighted by atomic mass is 16.3. The molecule has 0 saturated carbocycles. The van der Waals surface area contributed by atoms with Crippen LogP contribution in [0, 0.1) is 12.8 Å². The van der Waals surface area contributed by atoms with E-state index in [1.807, 2.05) is 0 Å². The predicted octanol–water partition coefficient (Wildman–Crippen LogP) is 0.343. The second-order valence-corrected chi connectivity index (χ2v) is 12.4. The van der Waals surface area contributed by atoms with Gasteiger partial charge in [0.25, 0.3) is 5.91 Å². The van der Waals surface area contributed by atoms with Gasteiger partial charge in [-0.25, -0.2) is 0 Å². The number of aliphatic hydroxyl groups is 1. The Kier molecular flexibility index (Phi) is 12.9. The van der Waals surface area contributed by atoms with E-state index in [1.165, 1.54) is 54.8 Å². The summed E-state index contributed by atoms with van der Waals surface area (Å²) in [7, 11) is 2.94. The van der Waals surface area contributed by atoms with Crippen LogP contribution < -0.4 is 16.4 Å². The summed E-state index contributed by atoms with van der Waals surface area (Å²) in [4.78, 5) is 82.1. The third-order valence-electron chi connectivity index (χ3n) is 8.36. The van der Waals surface area contributed by atoms with Gasteiger partial charge >= 0.3 is 0 Å². The SMILES string of the molecule is C=C(C)[C@@H](NC(=O)[C@@H](NC(=O)c1ccc(C)c(O)c1N)[C@@H](C)O)C(=O)N1[C@H](C)CC[C@H]1C(=O)N(C)CC(=O)N(C)[C@H](C=O)C(C)C. The zero-order valence-corrected chi connectivity index (χ0v) is 27.9. The third-order valence-corrected chi connectivity index (χ3v) is 8.36. The molecule has 0 spiro atoms. The molecular formula is C32H48N6O8. The van der Waals surface area contributed by atoms with Crippen molar-refractivity contribution in [2.24, 2.45) is 5.92 Å². The lowest BCUT2D eigenvalue weighted by atomic mass is 10.0. The molecular weight excluding hydrogens is 596 g/mol. The van der Waals surface area contributed by atoms with Crippen LogP contribution in [0.25, 0.3) is 0 Å². The Morgan fingerprint density at radius 3 is 2.26 bits per heavy atom. The number of aryl methyl sites for hydroxylation is 1. The number of nitrogen functional groups attached to an aromatic ring is 1. The molecule has 1 aliphatic heterocycles. The number of nitrogens with zero attached hydrogens (tertiary/aromatic N) is 3. The van der Waals surface area contributed by atoms with Crippen molar-refractivity contribution in [1.82, 2.24) is 25.3 Å². The van der Waals surface area contributed by atoms with Crippen molar-refractivity contribution in [1.29, 1.82) is 0 Å². The highest BCUT2D eigenvalue weighted by Crippen LogP contribution is 2.29. The Morgan fingerprint density at radius 2 is 1.74 bits per heavy atom. The lowest BCUT2D eigenvalue weighted by Gasteiger charge is -2.35. The number of carbonyl (C=O) groups excluding carboxylic acids is 6. The van der Waals surface area contributed by atoms with Gasteiger partial charge in [-0.2, -0.15) is 0 Å². The van der Waals surface area contributed by atoms with E-state index in [0.717, 1.165) is 0 Å². The van der Waals surface area contributed by atoms with Gasteiger partial charge in [-0.3, -0.25) is 24.0 Å². The first-order valence-electron chi connectivity index (χ1n) is 15.2. The molecule has 14 heteroatoms. The van der Waals surface area contributed by atoms with Gasteiger partial charge in [-0.1, -0.05) is 26.5 Å². The Hall–Kier alpha value is -4.46. The molecule has 0 aliphatic carbocycles. The number of benzene rings is 1. The monoisotopic (exact) mass is 644 g/mol. The first-order chi connectivity index (χ1) is 21.3. The molecule has 0 bridgehead atoms. The zero-order chi connectivity index (χ0) is 35.2. The number of aromatic hydroxyl groups is 1. The van der Waals surface area contributed by atoms with E-state index in [0.29, 0.717) is 24.7 Å². The average molecular weight is 645 g/mol. The number of nitrogens with two attached hydrogens (primary N) is 1. The molecule has 46 heavy (non-hydrogen) atoms. The van der Waals surface area contributed by atoms with Gasteiger partial charge in [-0.05, 0) is 63.7 Å². The van der Waals surface area contributed by atoms with Gasteiger partial charge in [0.1, 0.15) is 30.2 Å².